The predicted octanol–water partition coefficient (Wildman–Crippen LogP) is 0.698. The zero-order valence-electron chi connectivity index (χ0n) is 55.0. The number of carboxylic acid groups (broad SMARTS) is 2. The molecule has 0 aliphatic carbocycles. The summed E-state index contributed by atoms with van der Waals surface area (Å²) in [5.74, 6) is -13.1. The number of phenolic OH excluding ortho intramolecular Hbond substituents is 1. The smallest absolute Gasteiger partial charge is 0.326 e. The van der Waals surface area contributed by atoms with Crippen molar-refractivity contribution in [1.29, 1.82) is 0 Å². The second-order valence-corrected chi connectivity index (χ2v) is 25.0. The van der Waals surface area contributed by atoms with Crippen LogP contribution < -0.4 is 59.7 Å². The summed E-state index contributed by atoms with van der Waals surface area (Å²) in [6.45, 7) is 7.25. The van der Waals surface area contributed by atoms with Crippen LogP contribution in [0.15, 0.2) is 116 Å². The number of nitrogens with two attached hydrogens (primary N) is 3. The molecule has 10 amide bonds. The molecular weight excluding hydrogens is 1260 g/mol. The van der Waals surface area contributed by atoms with Gasteiger partial charge in [0.2, 0.25) is 59.1 Å². The van der Waals surface area contributed by atoms with Gasteiger partial charge < -0.3 is 89.9 Å². The summed E-state index contributed by atoms with van der Waals surface area (Å²) >= 11 is 0. The van der Waals surface area contributed by atoms with Crippen LogP contribution in [0.2, 0.25) is 0 Å². The number of phenols is 1. The average Bonchev–Trinajstić information content (AvgIpc) is 1.74. The molecule has 7 rings (SSSR count). The summed E-state index contributed by atoms with van der Waals surface area (Å²) < 4.78 is 0. The van der Waals surface area contributed by atoms with Gasteiger partial charge in [-0.3, -0.25) is 52.7 Å². The third-order valence-corrected chi connectivity index (χ3v) is 17.4. The first kappa shape index (κ1) is 74.7. The molecule has 0 radical (unpaired) electrons. The first-order chi connectivity index (χ1) is 46.7. The van der Waals surface area contributed by atoms with Crippen LogP contribution in [0.3, 0.4) is 0 Å². The quantitative estimate of drug-likeness (QED) is 0.0257. The number of hydrogen-bond donors (Lipinski definition) is 16. The number of aromatic amines is 2. The van der Waals surface area contributed by atoms with E-state index < -0.39 is 150 Å². The lowest BCUT2D eigenvalue weighted by atomic mass is 9.96. The summed E-state index contributed by atoms with van der Waals surface area (Å²) in [5.41, 5.74) is 20.9. The molecule has 1 aliphatic heterocycles. The van der Waals surface area contributed by atoms with Gasteiger partial charge in [0.1, 0.15) is 60.1 Å². The number of para-hydroxylation sites is 2. The third kappa shape index (κ3) is 20.7. The minimum Gasteiger partial charge on any atom is -0.508 e. The molecule has 0 spiro atoms. The number of nitrogens with zero attached hydrogens (tertiary/aromatic N) is 1. The zero-order valence-corrected chi connectivity index (χ0v) is 55.0. The van der Waals surface area contributed by atoms with Crippen molar-refractivity contribution in [2.75, 3.05) is 13.1 Å². The Morgan fingerprint density at radius 3 is 1.58 bits per heavy atom. The first-order valence-corrected chi connectivity index (χ1v) is 32.6. The second kappa shape index (κ2) is 35.4. The van der Waals surface area contributed by atoms with Crippen molar-refractivity contribution in [2.45, 2.75) is 159 Å². The molecule has 11 atom stereocenters. The molecule has 29 heteroatoms. The molecule has 2 aromatic heterocycles. The van der Waals surface area contributed by atoms with Gasteiger partial charge >= 0.3 is 11.9 Å². The normalized spacial score (nSPS) is 15.9. The van der Waals surface area contributed by atoms with E-state index in [-0.39, 0.29) is 63.3 Å². The van der Waals surface area contributed by atoms with Crippen molar-refractivity contribution < 1.29 is 72.9 Å². The van der Waals surface area contributed by atoms with Gasteiger partial charge in [0.15, 0.2) is 0 Å². The number of benzene rings is 4. The number of aromatic hydroxyl groups is 1. The Labute approximate surface area is 565 Å². The number of carboxylic acids is 2. The van der Waals surface area contributed by atoms with Gasteiger partial charge in [-0.2, -0.15) is 0 Å². The van der Waals surface area contributed by atoms with Gasteiger partial charge in [0.05, 0.1) is 18.9 Å². The van der Waals surface area contributed by atoms with E-state index in [1.807, 2.05) is 0 Å². The number of hydrogen-bond acceptors (Lipinski definition) is 15. The fraction of sp³-hybridized carbons (Fsp3) is 0.420. The Balaban J connectivity index is 1.14. The fourth-order valence-corrected chi connectivity index (χ4v) is 11.6. The number of fused-ring (bicyclic) bond motifs is 2. The lowest BCUT2D eigenvalue weighted by Crippen LogP contribution is -2.61. The van der Waals surface area contributed by atoms with Crippen LogP contribution in [0, 0.1) is 11.8 Å². The zero-order chi connectivity index (χ0) is 71.3. The Morgan fingerprint density at radius 2 is 1.03 bits per heavy atom. The number of carbonyl (C=O) groups excluding carboxylic acids is 10. The van der Waals surface area contributed by atoms with Crippen LogP contribution in [-0.2, 0) is 83.2 Å². The molecule has 0 saturated carbocycles. The number of aliphatic carboxylic acids is 2. The number of nitrogens with one attached hydrogen (secondary N) is 10. The molecule has 6 aromatic rings. The Hall–Kier alpha value is -10.7. The number of amides is 10. The van der Waals surface area contributed by atoms with E-state index in [2.05, 4.69) is 52.5 Å². The van der Waals surface area contributed by atoms with Gasteiger partial charge in [0, 0.05) is 66.4 Å². The van der Waals surface area contributed by atoms with Gasteiger partial charge in [-0.05, 0) is 90.6 Å². The van der Waals surface area contributed by atoms with Crippen LogP contribution in [0.4, 0.5) is 0 Å². The van der Waals surface area contributed by atoms with E-state index in [9.17, 15) is 58.5 Å². The van der Waals surface area contributed by atoms with E-state index in [1.165, 1.54) is 17.0 Å². The highest BCUT2D eigenvalue weighted by Gasteiger charge is 2.42. The second-order valence-electron chi connectivity index (χ2n) is 25.0. The minimum absolute atomic E-state index is 0.0144. The summed E-state index contributed by atoms with van der Waals surface area (Å²) in [6.07, 6.45) is 1.52. The standard InChI is InChI=1S/C69H88N14O15/c1-5-38(4)59(82-60(88)48(21-13-27-70)75-66(94)58(72)37(2)3)67(95)80-53(30-40-23-25-43(84)26-24-40)68(96)83-28-14-22-55(83)65(93)79-50(31-41-35-73-46-19-11-9-17-44(41)46)62(90)76-49(29-39-15-7-6-8-16-39)61(89)77-51(33-56(71)85)63(91)78-52(34-57(86)87)64(92)81-54(69(97)98)32-42-36-74-47-20-12-10-18-45(42)47/h6-12,15-20,23-26,35-38,48-55,58-59,73-74,84H,5,13-14,21-22,27-34,70,72H2,1-4H3,(H2,71,85)(H,75,94)(H,76,90)(H,77,89)(H,78,91)(H,79,93)(H,80,95)(H,81,92)(H,82,88)(H,86,87)(H,97,98)/t38-,48-,49-,50-,51-,52-,53-,54-,55-,58-,59-/m0/s1. The van der Waals surface area contributed by atoms with Crippen LogP contribution in [0.1, 0.15) is 94.9 Å². The Bertz CT molecular complexity index is 3820. The highest BCUT2D eigenvalue weighted by molar-refractivity contribution is 6.01. The van der Waals surface area contributed by atoms with Gasteiger partial charge in [0.25, 0.3) is 0 Å². The molecule has 29 nitrogen and oxygen atoms in total. The number of aromatic nitrogens is 2. The van der Waals surface area contributed by atoms with E-state index in [0.717, 1.165) is 0 Å². The summed E-state index contributed by atoms with van der Waals surface area (Å²) in [5, 5.41) is 52.4. The number of carbonyl (C=O) groups is 12. The van der Waals surface area contributed by atoms with Crippen LogP contribution in [0.25, 0.3) is 21.8 Å². The summed E-state index contributed by atoms with van der Waals surface area (Å²) in [6, 6.07) is 13.7. The van der Waals surface area contributed by atoms with Crippen LogP contribution >= 0.6 is 0 Å². The number of rotatable bonds is 36. The molecule has 3 heterocycles. The first-order valence-electron chi connectivity index (χ1n) is 32.6. The predicted molar refractivity (Wildman–Crippen MR) is 360 cm³/mol. The number of likely N-dealkylation sites (tertiary alicyclic amines) is 1. The van der Waals surface area contributed by atoms with E-state index in [0.29, 0.717) is 63.3 Å². The van der Waals surface area contributed by atoms with Gasteiger partial charge in [-0.25, -0.2) is 4.79 Å². The molecule has 4 aromatic carbocycles. The third-order valence-electron chi connectivity index (χ3n) is 17.4. The van der Waals surface area contributed by atoms with Gasteiger partial charge in [-0.15, -0.1) is 0 Å². The van der Waals surface area contributed by atoms with Crippen LogP contribution in [-0.4, -0.2) is 175 Å². The lowest BCUT2D eigenvalue weighted by molar-refractivity contribution is -0.144. The van der Waals surface area contributed by atoms with E-state index in [4.69, 9.17) is 17.2 Å². The van der Waals surface area contributed by atoms with Crippen LogP contribution in [0.5, 0.6) is 5.75 Å². The average molecular weight is 1350 g/mol. The Kier molecular flexibility index (Phi) is 27.0. The van der Waals surface area contributed by atoms with E-state index >= 15 is 14.4 Å². The molecular formula is C69H88N14O15. The largest absolute Gasteiger partial charge is 0.508 e. The highest BCUT2D eigenvalue weighted by Crippen LogP contribution is 2.25. The molecule has 0 unspecified atom stereocenters. The maximum Gasteiger partial charge on any atom is 0.326 e. The SMILES string of the molecule is CC[C@H](C)[C@H](NC(=O)[C@H](CCCN)NC(=O)[C@@H](N)C(C)C)C(=O)N[C@@H](Cc1ccc(O)cc1)C(=O)N1CCC[C@H]1C(=O)N[C@@H](Cc1c[nH]c2ccccc12)C(=O)N[C@@H](Cc1ccccc1)C(=O)N[C@@H](CC(N)=O)C(=O)N[C@@H](CC(=O)O)C(=O)N[C@@H](Cc1c[nH]c2ccccc12)C(=O)O. The summed E-state index contributed by atoms with van der Waals surface area (Å²) in [4.78, 5) is 175. The molecule has 19 N–H and O–H groups in total. The van der Waals surface area contributed by atoms with Crippen molar-refractivity contribution in [3.8, 4) is 5.75 Å². The van der Waals surface area contributed by atoms with Gasteiger partial charge in [-0.1, -0.05) is 113 Å². The maximum atomic E-state index is 15.2. The summed E-state index contributed by atoms with van der Waals surface area (Å²) in [7, 11) is 0. The van der Waals surface area contributed by atoms with Crippen molar-refractivity contribution >= 4 is 92.8 Å². The molecule has 0 bridgehead atoms. The Morgan fingerprint density at radius 1 is 0.551 bits per heavy atom. The molecule has 524 valence electrons. The minimum atomic E-state index is -1.97. The van der Waals surface area contributed by atoms with E-state index in [1.54, 1.807) is 131 Å². The van der Waals surface area contributed by atoms with Crippen molar-refractivity contribution in [3.05, 3.63) is 138 Å². The number of primary amides is 1. The monoisotopic (exact) mass is 1350 g/mol. The topological polar surface area (TPSA) is 475 Å². The molecule has 1 saturated heterocycles. The highest BCUT2D eigenvalue weighted by atomic mass is 16.4. The lowest BCUT2D eigenvalue weighted by Gasteiger charge is -2.32. The molecule has 98 heavy (non-hydrogen) atoms. The van der Waals surface area contributed by atoms with Crippen molar-refractivity contribution in [1.82, 2.24) is 57.4 Å². The fourth-order valence-electron chi connectivity index (χ4n) is 11.6. The molecule has 1 fully saturated rings. The maximum absolute atomic E-state index is 15.2. The van der Waals surface area contributed by atoms with Crippen molar-refractivity contribution in [2.24, 2.45) is 29.0 Å². The van der Waals surface area contributed by atoms with Crippen molar-refractivity contribution in [3.63, 3.8) is 0 Å². The number of H-pyrrole nitrogens is 2. The molecule has 1 aliphatic rings.